The fourth-order valence-corrected chi connectivity index (χ4v) is 4.68. The highest BCUT2D eigenvalue weighted by Gasteiger charge is 2.09. The van der Waals surface area contributed by atoms with Crippen LogP contribution >= 0.6 is 22.6 Å². The van der Waals surface area contributed by atoms with Crippen LogP contribution in [0.1, 0.15) is 95.6 Å². The molecule has 0 saturated heterocycles. The number of hydrogen-bond acceptors (Lipinski definition) is 0. The smallest absolute Gasteiger partial charge is 0.0109 e. The van der Waals surface area contributed by atoms with E-state index < -0.39 is 0 Å². The molecule has 0 radical (unpaired) electrons. The Labute approximate surface area is 165 Å². The van der Waals surface area contributed by atoms with E-state index in [9.17, 15) is 0 Å². The fraction of sp³-hybridized carbons (Fsp3) is 0.739. The predicted molar refractivity (Wildman–Crippen MR) is 118 cm³/mol. The number of unbranched alkanes of at least 4 members (excludes halogenated alkanes) is 2. The van der Waals surface area contributed by atoms with Crippen LogP contribution in [0.3, 0.4) is 0 Å². The van der Waals surface area contributed by atoms with Crippen molar-refractivity contribution in [2.75, 3.05) is 0 Å². The summed E-state index contributed by atoms with van der Waals surface area (Å²) in [6.45, 7) is 6.82. The number of hydrogen-bond donors (Lipinski definition) is 0. The van der Waals surface area contributed by atoms with Crippen LogP contribution in [-0.2, 0) is 6.42 Å². The van der Waals surface area contributed by atoms with Gasteiger partial charge in [-0.1, -0.05) is 118 Å². The van der Waals surface area contributed by atoms with Gasteiger partial charge in [-0.2, -0.15) is 0 Å². The Morgan fingerprint density at radius 3 is 2.08 bits per heavy atom. The molecule has 0 bridgehead atoms. The van der Waals surface area contributed by atoms with Gasteiger partial charge in [-0.15, -0.1) is 0 Å². The number of aryl methyl sites for hydroxylation is 2. The summed E-state index contributed by atoms with van der Waals surface area (Å²) < 4.78 is 0.907. The maximum Gasteiger partial charge on any atom is 0.0109 e. The van der Waals surface area contributed by atoms with Gasteiger partial charge in [0.1, 0.15) is 0 Å². The van der Waals surface area contributed by atoms with Crippen molar-refractivity contribution in [2.24, 2.45) is 5.92 Å². The molecule has 0 N–H and O–H groups in total. The topological polar surface area (TPSA) is 0 Å². The van der Waals surface area contributed by atoms with Crippen molar-refractivity contribution < 1.29 is 0 Å². The first-order valence-corrected chi connectivity index (χ1v) is 11.6. The van der Waals surface area contributed by atoms with E-state index in [4.69, 9.17) is 0 Å². The van der Waals surface area contributed by atoms with Crippen LogP contribution in [-0.4, -0.2) is 3.92 Å². The largest absolute Gasteiger partial charge is 0.0826 e. The SMILES string of the molecule is CCCC(I)CCCC(CCC)CCCCCc1ccc(C)cc1. The number of rotatable bonds is 14. The third-order valence-electron chi connectivity index (χ3n) is 5.13. The van der Waals surface area contributed by atoms with Crippen molar-refractivity contribution in [1.29, 1.82) is 0 Å². The Morgan fingerprint density at radius 2 is 1.42 bits per heavy atom. The summed E-state index contributed by atoms with van der Waals surface area (Å²) in [6, 6.07) is 9.08. The normalized spacial score (nSPS) is 13.8. The van der Waals surface area contributed by atoms with Crippen molar-refractivity contribution in [3.05, 3.63) is 35.4 Å². The van der Waals surface area contributed by atoms with E-state index in [0.29, 0.717) is 0 Å². The Kier molecular flexibility index (Phi) is 13.0. The van der Waals surface area contributed by atoms with Gasteiger partial charge in [0.15, 0.2) is 0 Å². The molecule has 1 rings (SSSR count). The summed E-state index contributed by atoms with van der Waals surface area (Å²) >= 11 is 2.66. The van der Waals surface area contributed by atoms with Crippen LogP contribution in [0.5, 0.6) is 0 Å². The second kappa shape index (κ2) is 14.2. The van der Waals surface area contributed by atoms with Gasteiger partial charge in [0.25, 0.3) is 0 Å². The van der Waals surface area contributed by atoms with E-state index >= 15 is 0 Å². The molecule has 0 amide bonds. The first-order chi connectivity index (χ1) is 11.7. The van der Waals surface area contributed by atoms with E-state index in [1.807, 2.05) is 0 Å². The zero-order valence-electron chi connectivity index (χ0n) is 16.3. The van der Waals surface area contributed by atoms with E-state index in [1.165, 1.54) is 88.2 Å². The molecule has 0 nitrogen and oxygen atoms in total. The van der Waals surface area contributed by atoms with Gasteiger partial charge in [-0.3, -0.25) is 0 Å². The molecule has 0 aliphatic rings. The third-order valence-corrected chi connectivity index (χ3v) is 6.37. The zero-order chi connectivity index (χ0) is 17.6. The van der Waals surface area contributed by atoms with Crippen molar-refractivity contribution in [2.45, 2.75) is 102 Å². The summed E-state index contributed by atoms with van der Waals surface area (Å²) in [6.07, 6.45) is 16.8. The molecule has 0 aliphatic carbocycles. The van der Waals surface area contributed by atoms with E-state index in [-0.39, 0.29) is 0 Å². The highest BCUT2D eigenvalue weighted by Crippen LogP contribution is 2.24. The molecule has 138 valence electrons. The summed E-state index contributed by atoms with van der Waals surface area (Å²) in [5, 5.41) is 0. The van der Waals surface area contributed by atoms with Gasteiger partial charge in [-0.25, -0.2) is 0 Å². The lowest BCUT2D eigenvalue weighted by atomic mass is 9.90. The minimum atomic E-state index is 0.907. The summed E-state index contributed by atoms with van der Waals surface area (Å²) in [5.41, 5.74) is 2.88. The molecule has 24 heavy (non-hydrogen) atoms. The van der Waals surface area contributed by atoms with Gasteiger partial charge >= 0.3 is 0 Å². The number of benzene rings is 1. The molecule has 0 aromatic heterocycles. The molecule has 1 aromatic carbocycles. The standard InChI is InChI=1S/C23H39I/c1-4-10-21(14-9-15-23(24)11-5-2)12-7-6-8-13-22-18-16-20(3)17-19-22/h16-19,21,23H,4-15H2,1-3H3. The molecule has 0 saturated carbocycles. The van der Waals surface area contributed by atoms with Gasteiger partial charge in [0.05, 0.1) is 0 Å². The minimum absolute atomic E-state index is 0.907. The maximum absolute atomic E-state index is 2.66. The average Bonchev–Trinajstić information content (AvgIpc) is 2.56. The zero-order valence-corrected chi connectivity index (χ0v) is 18.5. The van der Waals surface area contributed by atoms with Crippen LogP contribution in [0, 0.1) is 12.8 Å². The molecule has 0 fully saturated rings. The van der Waals surface area contributed by atoms with Gasteiger partial charge in [0, 0.05) is 3.92 Å². The Balaban J connectivity index is 2.12. The van der Waals surface area contributed by atoms with Crippen LogP contribution in [0.15, 0.2) is 24.3 Å². The van der Waals surface area contributed by atoms with Gasteiger partial charge in [0.2, 0.25) is 0 Å². The van der Waals surface area contributed by atoms with Crippen molar-refractivity contribution in [3.8, 4) is 0 Å². The highest BCUT2D eigenvalue weighted by atomic mass is 127. The minimum Gasteiger partial charge on any atom is -0.0826 e. The second-order valence-electron chi connectivity index (χ2n) is 7.56. The van der Waals surface area contributed by atoms with Crippen LogP contribution in [0.2, 0.25) is 0 Å². The van der Waals surface area contributed by atoms with E-state index in [0.717, 1.165) is 9.84 Å². The molecule has 1 aromatic rings. The molecular weight excluding hydrogens is 403 g/mol. The van der Waals surface area contributed by atoms with Crippen molar-refractivity contribution >= 4 is 22.6 Å². The Bertz CT molecular complexity index is 395. The van der Waals surface area contributed by atoms with Crippen molar-refractivity contribution in [1.82, 2.24) is 0 Å². The maximum atomic E-state index is 2.66. The van der Waals surface area contributed by atoms with Gasteiger partial charge in [-0.05, 0) is 44.1 Å². The van der Waals surface area contributed by atoms with Crippen molar-refractivity contribution in [3.63, 3.8) is 0 Å². The molecule has 2 atom stereocenters. The molecule has 2 unspecified atom stereocenters. The fourth-order valence-electron chi connectivity index (χ4n) is 3.62. The number of halogens is 1. The van der Waals surface area contributed by atoms with E-state index in [2.05, 4.69) is 67.6 Å². The first-order valence-electron chi connectivity index (χ1n) is 10.3. The lowest BCUT2D eigenvalue weighted by Gasteiger charge is -2.17. The first kappa shape index (κ1) is 22.0. The average molecular weight is 442 g/mol. The lowest BCUT2D eigenvalue weighted by Crippen LogP contribution is -2.03. The monoisotopic (exact) mass is 442 g/mol. The highest BCUT2D eigenvalue weighted by molar-refractivity contribution is 14.1. The predicted octanol–water partition coefficient (Wildman–Crippen LogP) is 8.29. The second-order valence-corrected chi connectivity index (χ2v) is 9.32. The van der Waals surface area contributed by atoms with E-state index in [1.54, 1.807) is 0 Å². The molecule has 0 aliphatic heterocycles. The molecule has 1 heteroatoms. The molecule has 0 spiro atoms. The summed E-state index contributed by atoms with van der Waals surface area (Å²) in [7, 11) is 0. The van der Waals surface area contributed by atoms with Gasteiger partial charge < -0.3 is 0 Å². The van der Waals surface area contributed by atoms with Crippen LogP contribution in [0.25, 0.3) is 0 Å². The molecular formula is C23H39I. The quantitative estimate of drug-likeness (QED) is 0.154. The Morgan fingerprint density at radius 1 is 0.750 bits per heavy atom. The summed E-state index contributed by atoms with van der Waals surface area (Å²) in [4.78, 5) is 0. The Hall–Kier alpha value is -0.0500. The third kappa shape index (κ3) is 10.7. The summed E-state index contributed by atoms with van der Waals surface area (Å²) in [5.74, 6) is 0.986. The molecule has 0 heterocycles. The van der Waals surface area contributed by atoms with Crippen LogP contribution in [0.4, 0.5) is 0 Å². The van der Waals surface area contributed by atoms with Crippen LogP contribution < -0.4 is 0 Å². The number of alkyl halides is 1. The lowest BCUT2D eigenvalue weighted by molar-refractivity contribution is 0.381.